The number of carboxylic acid groups (broad SMARTS) is 1. The van der Waals surface area contributed by atoms with Crippen LogP contribution in [0.5, 0.6) is 0 Å². The predicted molar refractivity (Wildman–Crippen MR) is 70.6 cm³/mol. The van der Waals surface area contributed by atoms with E-state index in [4.69, 9.17) is 14.8 Å². The number of rotatable bonds is 4. The van der Waals surface area contributed by atoms with Crippen LogP contribution >= 0.6 is 0 Å². The maximum atomic E-state index is 11.4. The number of benzene rings is 1. The third-order valence-electron chi connectivity index (χ3n) is 2.99. The summed E-state index contributed by atoms with van der Waals surface area (Å²) in [5.41, 5.74) is -1.04. The molecule has 2 aromatic rings. The van der Waals surface area contributed by atoms with Crippen molar-refractivity contribution in [3.05, 3.63) is 45.8 Å². The van der Waals surface area contributed by atoms with E-state index in [1.54, 1.807) is 6.07 Å². The Morgan fingerprint density at radius 3 is 2.67 bits per heavy atom. The van der Waals surface area contributed by atoms with E-state index in [1.807, 2.05) is 0 Å². The number of carboxylic acids is 1. The second kappa shape index (κ2) is 5.75. The first kappa shape index (κ1) is 14.7. The molecule has 0 aliphatic heterocycles. The van der Waals surface area contributed by atoms with Crippen LogP contribution in [0, 0.1) is 11.3 Å². The van der Waals surface area contributed by atoms with E-state index in [0.717, 1.165) is 6.07 Å². The number of hydrogen-bond donors (Lipinski definition) is 3. The van der Waals surface area contributed by atoms with Gasteiger partial charge in [0.15, 0.2) is 0 Å². The topological polar surface area (TPSA) is 132 Å². The first-order valence-corrected chi connectivity index (χ1v) is 5.98. The highest BCUT2D eigenvalue weighted by molar-refractivity contribution is 5.91. The number of nitriles is 1. The molecule has 2 unspecified atom stereocenters. The molecule has 0 spiro atoms. The van der Waals surface area contributed by atoms with Gasteiger partial charge < -0.3 is 19.7 Å². The molecule has 0 aliphatic rings. The predicted octanol–water partition coefficient (Wildman–Crippen LogP) is 0.799. The maximum Gasteiger partial charge on any atom is 0.351 e. The Morgan fingerprint density at radius 1 is 1.33 bits per heavy atom. The molecule has 7 heteroatoms. The van der Waals surface area contributed by atoms with Gasteiger partial charge in [0.1, 0.15) is 17.3 Å². The summed E-state index contributed by atoms with van der Waals surface area (Å²) in [6.07, 6.45) is -2.81. The molecule has 0 amide bonds. The second-order valence-electron chi connectivity index (χ2n) is 4.42. The zero-order valence-corrected chi connectivity index (χ0v) is 10.7. The van der Waals surface area contributed by atoms with Crippen LogP contribution in [0.4, 0.5) is 0 Å². The summed E-state index contributed by atoms with van der Waals surface area (Å²) < 4.78 is 4.86. The van der Waals surface area contributed by atoms with Gasteiger partial charge in [0.05, 0.1) is 18.6 Å². The second-order valence-corrected chi connectivity index (χ2v) is 4.42. The van der Waals surface area contributed by atoms with E-state index in [9.17, 15) is 19.8 Å². The summed E-state index contributed by atoms with van der Waals surface area (Å²) in [7, 11) is 0. The van der Waals surface area contributed by atoms with Gasteiger partial charge in [-0.25, -0.2) is 9.59 Å². The Hall–Kier alpha value is -2.69. The third kappa shape index (κ3) is 2.91. The molecular weight excluding hydrogens is 278 g/mol. The highest BCUT2D eigenvalue weighted by Gasteiger charge is 2.19. The minimum Gasteiger partial charge on any atom is -0.477 e. The van der Waals surface area contributed by atoms with Crippen LogP contribution < -0.4 is 5.63 Å². The normalized spacial score (nSPS) is 13.6. The molecule has 0 fully saturated rings. The van der Waals surface area contributed by atoms with Crippen LogP contribution in [0.15, 0.2) is 33.5 Å². The highest BCUT2D eigenvalue weighted by Crippen LogP contribution is 2.23. The molecule has 2 atom stereocenters. The van der Waals surface area contributed by atoms with Crippen LogP contribution in [-0.4, -0.2) is 27.4 Å². The van der Waals surface area contributed by atoms with E-state index >= 15 is 0 Å². The van der Waals surface area contributed by atoms with Gasteiger partial charge >= 0.3 is 11.6 Å². The lowest BCUT2D eigenvalue weighted by molar-refractivity contribution is 0.0217. The molecule has 21 heavy (non-hydrogen) atoms. The number of fused-ring (bicyclic) bond motifs is 1. The number of hydrogen-bond acceptors (Lipinski definition) is 6. The summed E-state index contributed by atoms with van der Waals surface area (Å²) in [4.78, 5) is 22.3. The summed E-state index contributed by atoms with van der Waals surface area (Å²) >= 11 is 0. The molecule has 1 heterocycles. The van der Waals surface area contributed by atoms with Crippen LogP contribution in [0.1, 0.15) is 28.4 Å². The number of aliphatic hydroxyl groups is 2. The van der Waals surface area contributed by atoms with Crippen molar-refractivity contribution in [2.45, 2.75) is 18.6 Å². The minimum absolute atomic E-state index is 0.163. The average molecular weight is 289 g/mol. The maximum absolute atomic E-state index is 11.4. The van der Waals surface area contributed by atoms with E-state index < -0.39 is 29.4 Å². The fourth-order valence-corrected chi connectivity index (χ4v) is 1.90. The lowest BCUT2D eigenvalue weighted by atomic mass is 10.0. The zero-order valence-electron chi connectivity index (χ0n) is 10.7. The lowest BCUT2D eigenvalue weighted by Gasteiger charge is -2.15. The largest absolute Gasteiger partial charge is 0.477 e. The van der Waals surface area contributed by atoms with E-state index in [2.05, 4.69) is 0 Å². The SMILES string of the molecule is N#CCC(O)C(O)c1ccc2oc(=O)c(C(=O)O)cc2c1. The van der Waals surface area contributed by atoms with Crippen LogP contribution in [0.25, 0.3) is 11.0 Å². The summed E-state index contributed by atoms with van der Waals surface area (Å²) in [6, 6.07) is 7.09. The first-order chi connectivity index (χ1) is 9.93. The van der Waals surface area contributed by atoms with Crippen LogP contribution in [0.3, 0.4) is 0 Å². The van der Waals surface area contributed by atoms with Gasteiger partial charge in [0, 0.05) is 5.39 Å². The zero-order chi connectivity index (χ0) is 15.6. The summed E-state index contributed by atoms with van der Waals surface area (Å²) in [5, 5.41) is 37.2. The number of aliphatic hydroxyl groups excluding tert-OH is 2. The Kier molecular flexibility index (Phi) is 4.03. The van der Waals surface area contributed by atoms with Gasteiger partial charge in [-0.3, -0.25) is 0 Å². The van der Waals surface area contributed by atoms with Crippen molar-refractivity contribution in [3.8, 4) is 6.07 Å². The standard InChI is InChI=1S/C14H11NO6/c15-4-3-10(16)12(17)7-1-2-11-8(5-7)6-9(13(18)19)14(20)21-11/h1-2,5-6,10,12,16-17H,3H2,(H,18,19). The quantitative estimate of drug-likeness (QED) is 0.709. The van der Waals surface area contributed by atoms with Crippen LogP contribution in [0.2, 0.25) is 0 Å². The van der Waals surface area contributed by atoms with E-state index in [0.29, 0.717) is 5.39 Å². The number of nitrogens with zero attached hydrogens (tertiary/aromatic N) is 1. The van der Waals surface area contributed by atoms with Gasteiger partial charge in [-0.15, -0.1) is 0 Å². The summed E-state index contributed by atoms with van der Waals surface area (Å²) in [6.45, 7) is 0. The van der Waals surface area contributed by atoms with Crippen molar-refractivity contribution in [2.24, 2.45) is 0 Å². The van der Waals surface area contributed by atoms with Gasteiger partial charge in [-0.1, -0.05) is 6.07 Å². The van der Waals surface area contributed by atoms with E-state index in [1.165, 1.54) is 18.2 Å². The van der Waals surface area contributed by atoms with Gasteiger partial charge in [-0.05, 0) is 23.8 Å². The molecule has 0 saturated heterocycles. The molecular formula is C14H11NO6. The third-order valence-corrected chi connectivity index (χ3v) is 2.99. The van der Waals surface area contributed by atoms with Crippen molar-refractivity contribution in [3.63, 3.8) is 0 Å². The Labute approximate surface area is 118 Å². The van der Waals surface area contributed by atoms with Gasteiger partial charge in [-0.2, -0.15) is 5.26 Å². The number of carbonyl (C=O) groups is 1. The molecule has 0 saturated carbocycles. The molecule has 7 nitrogen and oxygen atoms in total. The fraction of sp³-hybridized carbons (Fsp3) is 0.214. The molecule has 2 rings (SSSR count). The summed E-state index contributed by atoms with van der Waals surface area (Å²) in [5.74, 6) is -1.42. The van der Waals surface area contributed by atoms with Gasteiger partial charge in [0.2, 0.25) is 0 Å². The Morgan fingerprint density at radius 2 is 2.05 bits per heavy atom. The van der Waals surface area contributed by atoms with Crippen molar-refractivity contribution >= 4 is 16.9 Å². The van der Waals surface area contributed by atoms with Crippen molar-refractivity contribution in [1.29, 1.82) is 5.26 Å². The highest BCUT2D eigenvalue weighted by atomic mass is 16.4. The molecule has 108 valence electrons. The van der Waals surface area contributed by atoms with Crippen molar-refractivity contribution in [2.75, 3.05) is 0 Å². The van der Waals surface area contributed by atoms with Crippen molar-refractivity contribution < 1.29 is 24.5 Å². The van der Waals surface area contributed by atoms with Gasteiger partial charge in [0.25, 0.3) is 0 Å². The smallest absolute Gasteiger partial charge is 0.351 e. The number of aromatic carboxylic acids is 1. The van der Waals surface area contributed by atoms with Crippen molar-refractivity contribution in [1.82, 2.24) is 0 Å². The average Bonchev–Trinajstić information content (AvgIpc) is 2.45. The molecule has 1 aromatic heterocycles. The minimum atomic E-state index is -1.42. The monoisotopic (exact) mass is 289 g/mol. The lowest BCUT2D eigenvalue weighted by Crippen LogP contribution is -2.17. The Balaban J connectivity index is 2.50. The molecule has 0 bridgehead atoms. The van der Waals surface area contributed by atoms with Crippen LogP contribution in [-0.2, 0) is 0 Å². The Bertz CT molecular complexity index is 788. The fourth-order valence-electron chi connectivity index (χ4n) is 1.90. The molecule has 1 aromatic carbocycles. The van der Waals surface area contributed by atoms with E-state index in [-0.39, 0.29) is 17.6 Å². The molecule has 0 radical (unpaired) electrons. The molecule has 3 N–H and O–H groups in total. The molecule has 0 aliphatic carbocycles. The first-order valence-electron chi connectivity index (χ1n) is 5.98.